The van der Waals surface area contributed by atoms with Gasteiger partial charge in [0, 0.05) is 12.6 Å². The average molecular weight is 558 g/mol. The second-order valence-corrected chi connectivity index (χ2v) is 11.3. The zero-order valence-corrected chi connectivity index (χ0v) is 23.2. The first-order chi connectivity index (χ1) is 18.4. The molecule has 0 saturated heterocycles. The van der Waals surface area contributed by atoms with E-state index in [4.69, 9.17) is 0 Å². The first-order valence-corrected chi connectivity index (χ1v) is 14.1. The number of nitrogens with zero attached hydrogens (tertiary/aromatic N) is 2. The standard InChI is InChI=1S/C29H33F2N3O4S/c1-5-21(3)32-29(36)22(4)33(18-23-8-10-24(30)11-9-23)28(35)19-34(26-14-12-25(31)13-15-26)39(37,38)27-16-6-20(2)7-17-27/h6-17,21-22H,5,18-19H2,1-4H3,(H,32,36). The molecule has 2 unspecified atom stereocenters. The van der Waals surface area contributed by atoms with Crippen LogP contribution in [0.3, 0.4) is 0 Å². The minimum absolute atomic E-state index is 0.0436. The van der Waals surface area contributed by atoms with Crippen LogP contribution >= 0.6 is 0 Å². The molecule has 0 aromatic heterocycles. The van der Waals surface area contributed by atoms with Gasteiger partial charge >= 0.3 is 0 Å². The maximum Gasteiger partial charge on any atom is 0.264 e. The van der Waals surface area contributed by atoms with E-state index in [1.54, 1.807) is 19.1 Å². The largest absolute Gasteiger partial charge is 0.352 e. The highest BCUT2D eigenvalue weighted by atomic mass is 32.2. The monoisotopic (exact) mass is 557 g/mol. The molecule has 1 N–H and O–H groups in total. The Hall–Kier alpha value is -3.79. The van der Waals surface area contributed by atoms with Crippen LogP contribution in [0.15, 0.2) is 77.7 Å². The Labute approximate surface area is 228 Å². The summed E-state index contributed by atoms with van der Waals surface area (Å²) in [5, 5.41) is 2.85. The summed E-state index contributed by atoms with van der Waals surface area (Å²) in [4.78, 5) is 28.0. The van der Waals surface area contributed by atoms with E-state index in [1.807, 2.05) is 20.8 Å². The molecule has 0 aliphatic rings. The molecule has 0 heterocycles. The molecular formula is C29H33F2N3O4S. The maximum atomic E-state index is 13.8. The summed E-state index contributed by atoms with van der Waals surface area (Å²) in [7, 11) is -4.25. The smallest absolute Gasteiger partial charge is 0.264 e. The number of sulfonamides is 1. The summed E-state index contributed by atoms with van der Waals surface area (Å²) in [6.07, 6.45) is 0.678. The molecule has 10 heteroatoms. The van der Waals surface area contributed by atoms with Gasteiger partial charge < -0.3 is 10.2 Å². The zero-order chi connectivity index (χ0) is 28.7. The van der Waals surface area contributed by atoms with E-state index >= 15 is 0 Å². The third-order valence-electron chi connectivity index (χ3n) is 6.44. The number of rotatable bonds is 11. The van der Waals surface area contributed by atoms with Crippen LogP contribution < -0.4 is 9.62 Å². The van der Waals surface area contributed by atoms with E-state index in [2.05, 4.69) is 5.32 Å². The third-order valence-corrected chi connectivity index (χ3v) is 8.23. The molecule has 0 spiro atoms. The van der Waals surface area contributed by atoms with Crippen molar-refractivity contribution in [1.29, 1.82) is 0 Å². The Balaban J connectivity index is 2.01. The molecule has 39 heavy (non-hydrogen) atoms. The van der Waals surface area contributed by atoms with Crippen LogP contribution in [-0.2, 0) is 26.2 Å². The molecule has 0 radical (unpaired) electrons. The van der Waals surface area contributed by atoms with Gasteiger partial charge in [-0.25, -0.2) is 17.2 Å². The Bertz CT molecular complexity index is 1380. The van der Waals surface area contributed by atoms with Crippen LogP contribution in [0.5, 0.6) is 0 Å². The van der Waals surface area contributed by atoms with Gasteiger partial charge in [-0.3, -0.25) is 13.9 Å². The van der Waals surface area contributed by atoms with E-state index in [1.165, 1.54) is 53.4 Å². The lowest BCUT2D eigenvalue weighted by atomic mass is 10.1. The first-order valence-electron chi connectivity index (χ1n) is 12.6. The summed E-state index contributed by atoms with van der Waals surface area (Å²) in [6.45, 7) is 6.40. The maximum absolute atomic E-state index is 13.8. The first kappa shape index (κ1) is 29.8. The summed E-state index contributed by atoms with van der Waals surface area (Å²) >= 11 is 0. The van der Waals surface area contributed by atoms with Crippen molar-refractivity contribution in [3.05, 3.63) is 95.6 Å². The van der Waals surface area contributed by atoms with Gasteiger partial charge in [-0.1, -0.05) is 36.8 Å². The van der Waals surface area contributed by atoms with Gasteiger partial charge in [0.15, 0.2) is 0 Å². The van der Waals surface area contributed by atoms with Crippen molar-refractivity contribution in [1.82, 2.24) is 10.2 Å². The highest BCUT2D eigenvalue weighted by molar-refractivity contribution is 7.92. The molecule has 3 rings (SSSR count). The lowest BCUT2D eigenvalue weighted by molar-refractivity contribution is -0.139. The summed E-state index contributed by atoms with van der Waals surface area (Å²) in [5.41, 5.74) is 1.50. The molecule has 7 nitrogen and oxygen atoms in total. The van der Waals surface area contributed by atoms with Gasteiger partial charge in [-0.15, -0.1) is 0 Å². The molecule has 0 fully saturated rings. The van der Waals surface area contributed by atoms with Crippen molar-refractivity contribution in [3.8, 4) is 0 Å². The highest BCUT2D eigenvalue weighted by Crippen LogP contribution is 2.25. The molecule has 0 aliphatic heterocycles. The minimum atomic E-state index is -4.25. The quantitative estimate of drug-likeness (QED) is 0.367. The number of anilines is 1. The number of amides is 2. The molecule has 3 aromatic carbocycles. The fraction of sp³-hybridized carbons (Fsp3) is 0.310. The lowest BCUT2D eigenvalue weighted by Gasteiger charge is -2.32. The topological polar surface area (TPSA) is 86.8 Å². The van der Waals surface area contributed by atoms with Gasteiger partial charge in [0.05, 0.1) is 10.6 Å². The van der Waals surface area contributed by atoms with Crippen LogP contribution in [0.1, 0.15) is 38.3 Å². The van der Waals surface area contributed by atoms with Crippen molar-refractivity contribution in [2.45, 2.75) is 57.6 Å². The van der Waals surface area contributed by atoms with Crippen molar-refractivity contribution in [2.24, 2.45) is 0 Å². The summed E-state index contributed by atoms with van der Waals surface area (Å²) in [6, 6.07) is 15.3. The fourth-order valence-electron chi connectivity index (χ4n) is 3.81. The van der Waals surface area contributed by atoms with Gasteiger partial charge in [0.25, 0.3) is 10.0 Å². The molecule has 0 aliphatic carbocycles. The minimum Gasteiger partial charge on any atom is -0.352 e. The number of carbonyl (C=O) groups is 2. The lowest BCUT2D eigenvalue weighted by Crippen LogP contribution is -2.52. The van der Waals surface area contributed by atoms with Crippen molar-refractivity contribution in [3.63, 3.8) is 0 Å². The number of nitrogens with one attached hydrogen (secondary N) is 1. The van der Waals surface area contributed by atoms with Crippen LogP contribution in [0.2, 0.25) is 0 Å². The van der Waals surface area contributed by atoms with Crippen LogP contribution in [0.25, 0.3) is 0 Å². The van der Waals surface area contributed by atoms with Gasteiger partial charge in [0.1, 0.15) is 24.2 Å². The normalized spacial score (nSPS) is 12.9. The van der Waals surface area contributed by atoms with E-state index in [-0.39, 0.29) is 23.2 Å². The average Bonchev–Trinajstić information content (AvgIpc) is 2.91. The molecular weight excluding hydrogens is 524 g/mol. The van der Waals surface area contributed by atoms with E-state index in [9.17, 15) is 26.8 Å². The fourth-order valence-corrected chi connectivity index (χ4v) is 5.22. The van der Waals surface area contributed by atoms with Crippen molar-refractivity contribution >= 4 is 27.5 Å². The molecule has 0 saturated carbocycles. The highest BCUT2D eigenvalue weighted by Gasteiger charge is 2.32. The van der Waals surface area contributed by atoms with Crippen molar-refractivity contribution < 1.29 is 26.8 Å². The van der Waals surface area contributed by atoms with Crippen LogP contribution in [0.4, 0.5) is 14.5 Å². The molecule has 0 bridgehead atoms. The number of hydrogen-bond acceptors (Lipinski definition) is 4. The second-order valence-electron chi connectivity index (χ2n) is 9.44. The number of benzene rings is 3. The Morgan fingerprint density at radius 3 is 1.95 bits per heavy atom. The van der Waals surface area contributed by atoms with Gasteiger partial charge in [0.2, 0.25) is 11.8 Å². The number of aryl methyl sites for hydroxylation is 1. The van der Waals surface area contributed by atoms with Crippen molar-refractivity contribution in [2.75, 3.05) is 10.8 Å². The predicted molar refractivity (Wildman–Crippen MR) is 146 cm³/mol. The Morgan fingerprint density at radius 2 is 1.41 bits per heavy atom. The number of carbonyl (C=O) groups excluding carboxylic acids is 2. The zero-order valence-electron chi connectivity index (χ0n) is 22.4. The van der Waals surface area contributed by atoms with E-state index in [0.717, 1.165) is 22.0 Å². The summed E-state index contributed by atoms with van der Waals surface area (Å²) < 4.78 is 55.5. The Morgan fingerprint density at radius 1 is 0.872 bits per heavy atom. The van der Waals surface area contributed by atoms with Gasteiger partial charge in [-0.05, 0) is 81.3 Å². The number of hydrogen-bond donors (Lipinski definition) is 1. The van der Waals surface area contributed by atoms with Gasteiger partial charge in [-0.2, -0.15) is 0 Å². The molecule has 2 atom stereocenters. The van der Waals surface area contributed by atoms with E-state index in [0.29, 0.717) is 12.0 Å². The van der Waals surface area contributed by atoms with Crippen LogP contribution in [0, 0.1) is 18.6 Å². The molecule has 208 valence electrons. The summed E-state index contributed by atoms with van der Waals surface area (Å²) in [5.74, 6) is -2.09. The number of halogens is 2. The van der Waals surface area contributed by atoms with E-state index < -0.39 is 46.1 Å². The third kappa shape index (κ3) is 7.63. The molecule has 3 aromatic rings. The Kier molecular flexibility index (Phi) is 9.80. The second kappa shape index (κ2) is 12.8. The molecule has 2 amide bonds. The predicted octanol–water partition coefficient (Wildman–Crippen LogP) is 4.80. The van der Waals surface area contributed by atoms with Crippen LogP contribution in [-0.4, -0.2) is 43.8 Å². The SMILES string of the molecule is CCC(C)NC(=O)C(C)N(Cc1ccc(F)cc1)C(=O)CN(c1ccc(F)cc1)S(=O)(=O)c1ccc(C)cc1.